The number of benzene rings is 1. The Bertz CT molecular complexity index is 697. The van der Waals surface area contributed by atoms with Crippen molar-refractivity contribution >= 4 is 21.4 Å². The maximum absolute atomic E-state index is 12.1. The smallest absolute Gasteiger partial charge is 0.278 e. The Kier molecular flexibility index (Phi) is 3.70. The number of nitrogens with zero attached hydrogens (tertiary/aromatic N) is 1. The van der Waals surface area contributed by atoms with E-state index in [4.69, 9.17) is 15.2 Å². The number of aromatic amines is 1. The molecule has 0 bridgehead atoms. The second-order valence-corrected chi connectivity index (χ2v) is 5.47. The highest BCUT2D eigenvalue weighted by atomic mass is 32.2. The van der Waals surface area contributed by atoms with Crippen molar-refractivity contribution in [1.29, 1.82) is 0 Å². The number of nitrogen functional groups attached to an aromatic ring is 1. The summed E-state index contributed by atoms with van der Waals surface area (Å²) in [6.07, 6.45) is 1.34. The van der Waals surface area contributed by atoms with Crippen LogP contribution < -0.4 is 19.9 Å². The fraction of sp³-hybridized carbons (Fsp3) is 0.182. The molecule has 0 aliphatic heterocycles. The van der Waals surface area contributed by atoms with Crippen molar-refractivity contribution in [3.63, 3.8) is 0 Å². The van der Waals surface area contributed by atoms with E-state index >= 15 is 0 Å². The molecule has 2 rings (SSSR count). The van der Waals surface area contributed by atoms with Crippen molar-refractivity contribution in [2.75, 3.05) is 24.7 Å². The van der Waals surface area contributed by atoms with E-state index in [1.165, 1.54) is 38.6 Å². The standard InChI is InChI=1S/C11H14N4O4S/c1-18-9-5-7(12)8(6-10(9)19-2)15-20(16,17)11-3-4-13-14-11/h3-6,15H,12H2,1-2H3,(H,13,14). The highest BCUT2D eigenvalue weighted by Crippen LogP contribution is 2.35. The molecule has 4 N–H and O–H groups in total. The first kappa shape index (κ1) is 14.0. The van der Waals surface area contributed by atoms with Crippen LogP contribution in [0.4, 0.5) is 11.4 Å². The SMILES string of the molecule is COc1cc(N)c(NS(=O)(=O)c2ccn[nH]2)cc1OC. The van der Waals surface area contributed by atoms with Crippen molar-refractivity contribution in [3.8, 4) is 11.5 Å². The number of ether oxygens (including phenoxy) is 2. The summed E-state index contributed by atoms with van der Waals surface area (Å²) < 4.78 is 36.7. The molecule has 2 aromatic rings. The molecule has 8 nitrogen and oxygen atoms in total. The third kappa shape index (κ3) is 2.62. The molecule has 108 valence electrons. The van der Waals surface area contributed by atoms with Crippen LogP contribution >= 0.6 is 0 Å². The monoisotopic (exact) mass is 298 g/mol. The molecule has 0 saturated carbocycles. The highest BCUT2D eigenvalue weighted by molar-refractivity contribution is 7.92. The first-order valence-electron chi connectivity index (χ1n) is 5.51. The minimum atomic E-state index is -3.78. The van der Waals surface area contributed by atoms with E-state index < -0.39 is 10.0 Å². The molecule has 0 amide bonds. The van der Waals surface area contributed by atoms with Crippen LogP contribution in [-0.2, 0) is 10.0 Å². The van der Waals surface area contributed by atoms with Gasteiger partial charge in [-0.15, -0.1) is 0 Å². The summed E-state index contributed by atoms with van der Waals surface area (Å²) >= 11 is 0. The average molecular weight is 298 g/mol. The maximum Gasteiger partial charge on any atom is 0.278 e. The van der Waals surface area contributed by atoms with Crippen LogP contribution in [-0.4, -0.2) is 32.8 Å². The largest absolute Gasteiger partial charge is 0.493 e. The molecule has 0 saturated heterocycles. The predicted octanol–water partition coefficient (Wildman–Crippen LogP) is 0.810. The lowest BCUT2D eigenvalue weighted by Gasteiger charge is -2.13. The van der Waals surface area contributed by atoms with E-state index in [1.54, 1.807) is 0 Å². The number of anilines is 2. The molecule has 0 aliphatic rings. The molecular weight excluding hydrogens is 284 g/mol. The first-order chi connectivity index (χ1) is 9.47. The second-order valence-electron chi connectivity index (χ2n) is 3.82. The summed E-state index contributed by atoms with van der Waals surface area (Å²) in [6, 6.07) is 4.25. The zero-order chi connectivity index (χ0) is 14.8. The van der Waals surface area contributed by atoms with Crippen LogP contribution in [0.2, 0.25) is 0 Å². The quantitative estimate of drug-likeness (QED) is 0.703. The molecule has 1 heterocycles. The van der Waals surface area contributed by atoms with Gasteiger partial charge in [0, 0.05) is 12.1 Å². The Morgan fingerprint density at radius 3 is 2.45 bits per heavy atom. The molecule has 0 aliphatic carbocycles. The minimum absolute atomic E-state index is 0.0633. The summed E-state index contributed by atoms with van der Waals surface area (Å²) in [7, 11) is -0.872. The van der Waals surface area contributed by atoms with Crippen LogP contribution in [0.5, 0.6) is 11.5 Å². The molecule has 1 aromatic carbocycles. The third-order valence-corrected chi connectivity index (χ3v) is 3.86. The molecule has 20 heavy (non-hydrogen) atoms. The summed E-state index contributed by atoms with van der Waals surface area (Å²) in [5.74, 6) is 0.776. The Hall–Kier alpha value is -2.42. The van der Waals surface area contributed by atoms with Crippen molar-refractivity contribution in [2.24, 2.45) is 0 Å². The second kappa shape index (κ2) is 5.29. The van der Waals surface area contributed by atoms with Gasteiger partial charge in [-0.05, 0) is 6.07 Å². The van der Waals surface area contributed by atoms with Crippen molar-refractivity contribution < 1.29 is 17.9 Å². The van der Waals surface area contributed by atoms with Gasteiger partial charge in [-0.1, -0.05) is 0 Å². The molecule has 0 atom stereocenters. The predicted molar refractivity (Wildman–Crippen MR) is 73.4 cm³/mol. The summed E-state index contributed by atoms with van der Waals surface area (Å²) in [6.45, 7) is 0. The van der Waals surface area contributed by atoms with Crippen molar-refractivity contribution in [1.82, 2.24) is 10.2 Å². The lowest BCUT2D eigenvalue weighted by atomic mass is 10.2. The third-order valence-electron chi connectivity index (χ3n) is 2.56. The van der Waals surface area contributed by atoms with E-state index in [0.717, 1.165) is 0 Å². The lowest BCUT2D eigenvalue weighted by molar-refractivity contribution is 0.355. The maximum atomic E-state index is 12.1. The molecular formula is C11H14N4O4S. The van der Waals surface area contributed by atoms with Crippen LogP contribution in [0.3, 0.4) is 0 Å². The Morgan fingerprint density at radius 1 is 1.25 bits per heavy atom. The summed E-state index contributed by atoms with van der Waals surface area (Å²) in [4.78, 5) is 0. The Labute approximate surface area is 115 Å². The van der Waals surface area contributed by atoms with E-state index in [1.807, 2.05) is 0 Å². The topological polar surface area (TPSA) is 119 Å². The van der Waals surface area contributed by atoms with E-state index in [-0.39, 0.29) is 16.4 Å². The molecule has 0 spiro atoms. The number of sulfonamides is 1. The van der Waals surface area contributed by atoms with Gasteiger partial charge < -0.3 is 15.2 Å². The zero-order valence-corrected chi connectivity index (χ0v) is 11.7. The number of hydrogen-bond acceptors (Lipinski definition) is 6. The average Bonchev–Trinajstić information content (AvgIpc) is 2.95. The van der Waals surface area contributed by atoms with Gasteiger partial charge in [0.2, 0.25) is 0 Å². The number of nitrogens with two attached hydrogens (primary N) is 1. The number of hydrogen-bond donors (Lipinski definition) is 3. The molecule has 1 aromatic heterocycles. The summed E-state index contributed by atoms with van der Waals surface area (Å²) in [5.41, 5.74) is 6.20. The van der Waals surface area contributed by atoms with Gasteiger partial charge in [0.1, 0.15) is 0 Å². The van der Waals surface area contributed by atoms with Crippen molar-refractivity contribution in [2.45, 2.75) is 5.03 Å². The molecule has 0 fully saturated rings. The van der Waals surface area contributed by atoms with Gasteiger partial charge in [0.15, 0.2) is 16.5 Å². The number of aromatic nitrogens is 2. The van der Waals surface area contributed by atoms with Gasteiger partial charge in [-0.3, -0.25) is 9.82 Å². The zero-order valence-electron chi connectivity index (χ0n) is 10.9. The number of rotatable bonds is 5. The number of H-pyrrole nitrogens is 1. The first-order valence-corrected chi connectivity index (χ1v) is 7.00. The number of nitrogens with one attached hydrogen (secondary N) is 2. The van der Waals surface area contributed by atoms with Crippen molar-refractivity contribution in [3.05, 3.63) is 24.4 Å². The molecule has 0 unspecified atom stereocenters. The lowest BCUT2D eigenvalue weighted by Crippen LogP contribution is -2.14. The van der Waals surface area contributed by atoms with Crippen LogP contribution in [0.25, 0.3) is 0 Å². The van der Waals surface area contributed by atoms with Gasteiger partial charge in [-0.2, -0.15) is 13.5 Å². The van der Waals surface area contributed by atoms with Crippen LogP contribution in [0.15, 0.2) is 29.4 Å². The fourth-order valence-corrected chi connectivity index (χ4v) is 2.56. The summed E-state index contributed by atoms with van der Waals surface area (Å²) in [5, 5.41) is 5.90. The van der Waals surface area contributed by atoms with E-state index in [2.05, 4.69) is 14.9 Å². The van der Waals surface area contributed by atoms with Gasteiger partial charge in [0.05, 0.1) is 31.8 Å². The fourth-order valence-electron chi connectivity index (χ4n) is 1.58. The van der Waals surface area contributed by atoms with E-state index in [0.29, 0.717) is 11.5 Å². The Morgan fingerprint density at radius 2 is 1.90 bits per heavy atom. The molecule has 0 radical (unpaired) electrons. The highest BCUT2D eigenvalue weighted by Gasteiger charge is 2.18. The van der Waals surface area contributed by atoms with Gasteiger partial charge in [-0.25, -0.2) is 0 Å². The van der Waals surface area contributed by atoms with Crippen LogP contribution in [0.1, 0.15) is 0 Å². The molecule has 9 heteroatoms. The van der Waals surface area contributed by atoms with Crippen LogP contribution in [0, 0.1) is 0 Å². The number of methoxy groups -OCH3 is 2. The normalized spacial score (nSPS) is 11.1. The van der Waals surface area contributed by atoms with Gasteiger partial charge in [0.25, 0.3) is 10.0 Å². The minimum Gasteiger partial charge on any atom is -0.493 e. The Balaban J connectivity index is 2.39. The van der Waals surface area contributed by atoms with E-state index in [9.17, 15) is 8.42 Å². The van der Waals surface area contributed by atoms with Gasteiger partial charge >= 0.3 is 0 Å².